The summed E-state index contributed by atoms with van der Waals surface area (Å²) in [5.74, 6) is -0.0452. The maximum atomic E-state index is 13.8. The Bertz CT molecular complexity index is 1060. The average molecular weight is 395 g/mol. The van der Waals surface area contributed by atoms with Gasteiger partial charge in [-0.3, -0.25) is 14.2 Å². The number of carbonyl (C=O) groups is 1. The number of amides is 1. The molecule has 0 radical (unpaired) electrons. The number of hydrogen-bond acceptors (Lipinski definition) is 4. The molecule has 29 heavy (non-hydrogen) atoms. The first-order valence-corrected chi connectivity index (χ1v) is 9.21. The van der Waals surface area contributed by atoms with Crippen LogP contribution in [0.15, 0.2) is 59.7 Å². The van der Waals surface area contributed by atoms with Crippen LogP contribution in [0.3, 0.4) is 0 Å². The maximum absolute atomic E-state index is 13.8. The molecule has 0 atom stereocenters. The van der Waals surface area contributed by atoms with Gasteiger partial charge in [0.25, 0.3) is 5.56 Å². The first-order chi connectivity index (χ1) is 13.9. The quantitative estimate of drug-likeness (QED) is 0.625. The third-order valence-corrected chi connectivity index (χ3v) is 4.23. The Morgan fingerprint density at radius 2 is 1.86 bits per heavy atom. The summed E-state index contributed by atoms with van der Waals surface area (Å²) in [5.41, 5.74) is 2.25. The number of aryl methyl sites for hydroxylation is 2. The number of halogens is 1. The highest BCUT2D eigenvalue weighted by molar-refractivity contribution is 5.75. The number of rotatable bonds is 7. The van der Waals surface area contributed by atoms with E-state index < -0.39 is 11.4 Å². The normalized spacial score (nSPS) is 10.6. The fraction of sp³-hybridized carbons (Fsp3) is 0.227. The Labute approximate surface area is 168 Å². The van der Waals surface area contributed by atoms with E-state index in [0.717, 1.165) is 16.9 Å². The van der Waals surface area contributed by atoms with Crippen molar-refractivity contribution in [3.63, 3.8) is 0 Å². The molecule has 1 aromatic heterocycles. The smallest absolute Gasteiger partial charge is 0.254 e. The van der Waals surface area contributed by atoms with Gasteiger partial charge in [-0.05, 0) is 49.2 Å². The minimum Gasteiger partial charge on any atom is -0.492 e. The molecule has 1 N–H and O–H groups in total. The molecule has 0 unspecified atom stereocenters. The van der Waals surface area contributed by atoms with E-state index in [4.69, 9.17) is 4.74 Å². The number of ether oxygens (including phenoxy) is 1. The van der Waals surface area contributed by atoms with Crippen LogP contribution in [0, 0.1) is 19.7 Å². The van der Waals surface area contributed by atoms with Crippen LogP contribution in [0.1, 0.15) is 11.1 Å². The summed E-state index contributed by atoms with van der Waals surface area (Å²) in [4.78, 5) is 28.4. The van der Waals surface area contributed by atoms with Crippen LogP contribution >= 0.6 is 0 Å². The highest BCUT2D eigenvalue weighted by Gasteiger charge is 2.09. The number of benzene rings is 2. The highest BCUT2D eigenvalue weighted by atomic mass is 19.1. The van der Waals surface area contributed by atoms with Crippen LogP contribution in [-0.4, -0.2) is 28.6 Å². The lowest BCUT2D eigenvalue weighted by molar-refractivity contribution is -0.121. The number of nitrogens with one attached hydrogen (secondary N) is 1. The molecule has 150 valence electrons. The van der Waals surface area contributed by atoms with E-state index in [-0.39, 0.29) is 23.7 Å². The molecule has 0 saturated heterocycles. The fourth-order valence-corrected chi connectivity index (χ4v) is 2.95. The molecule has 0 fully saturated rings. The van der Waals surface area contributed by atoms with Crippen molar-refractivity contribution >= 4 is 5.91 Å². The van der Waals surface area contributed by atoms with Crippen LogP contribution in [0.25, 0.3) is 11.3 Å². The van der Waals surface area contributed by atoms with E-state index >= 15 is 0 Å². The zero-order valence-electron chi connectivity index (χ0n) is 16.3. The molecule has 0 bridgehead atoms. The molecule has 0 aliphatic heterocycles. The van der Waals surface area contributed by atoms with Gasteiger partial charge in [0.1, 0.15) is 24.7 Å². The van der Waals surface area contributed by atoms with Crippen LogP contribution in [0.5, 0.6) is 5.75 Å². The predicted molar refractivity (Wildman–Crippen MR) is 108 cm³/mol. The van der Waals surface area contributed by atoms with Gasteiger partial charge in [0, 0.05) is 11.6 Å². The Balaban J connectivity index is 1.53. The molecule has 0 aliphatic carbocycles. The minimum absolute atomic E-state index is 0.174. The first kappa shape index (κ1) is 20.3. The summed E-state index contributed by atoms with van der Waals surface area (Å²) < 4.78 is 20.6. The summed E-state index contributed by atoms with van der Waals surface area (Å²) in [7, 11) is 0. The summed E-state index contributed by atoms with van der Waals surface area (Å²) in [6.45, 7) is 4.43. The molecule has 1 heterocycles. The third kappa shape index (κ3) is 5.51. The van der Waals surface area contributed by atoms with Crippen molar-refractivity contribution in [1.29, 1.82) is 0 Å². The molecule has 2 aromatic carbocycles. The van der Waals surface area contributed by atoms with Crippen molar-refractivity contribution in [2.45, 2.75) is 20.4 Å². The average Bonchev–Trinajstić information content (AvgIpc) is 2.66. The molecule has 7 heteroatoms. The predicted octanol–water partition coefficient (Wildman–Crippen LogP) is 2.86. The van der Waals surface area contributed by atoms with Crippen molar-refractivity contribution < 1.29 is 13.9 Å². The summed E-state index contributed by atoms with van der Waals surface area (Å²) in [6.07, 6.45) is 1.25. The molecule has 0 saturated carbocycles. The van der Waals surface area contributed by atoms with Gasteiger partial charge >= 0.3 is 0 Å². The van der Waals surface area contributed by atoms with E-state index in [2.05, 4.69) is 16.4 Å². The number of hydrogen-bond donors (Lipinski definition) is 1. The lowest BCUT2D eigenvalue weighted by Gasteiger charge is -2.10. The largest absolute Gasteiger partial charge is 0.492 e. The van der Waals surface area contributed by atoms with Gasteiger partial charge in [-0.15, -0.1) is 0 Å². The van der Waals surface area contributed by atoms with Gasteiger partial charge < -0.3 is 10.1 Å². The van der Waals surface area contributed by atoms with E-state index in [1.165, 1.54) is 23.0 Å². The topological polar surface area (TPSA) is 73.2 Å². The Kier molecular flexibility index (Phi) is 6.39. The Hall–Kier alpha value is -3.48. The summed E-state index contributed by atoms with van der Waals surface area (Å²) >= 11 is 0. The van der Waals surface area contributed by atoms with E-state index in [1.54, 1.807) is 18.2 Å². The van der Waals surface area contributed by atoms with Crippen molar-refractivity contribution in [3.8, 4) is 17.0 Å². The Morgan fingerprint density at radius 3 is 2.55 bits per heavy atom. The first-order valence-electron chi connectivity index (χ1n) is 9.21. The van der Waals surface area contributed by atoms with Gasteiger partial charge in [-0.1, -0.05) is 18.2 Å². The monoisotopic (exact) mass is 395 g/mol. The van der Waals surface area contributed by atoms with Crippen molar-refractivity contribution in [2.75, 3.05) is 13.2 Å². The van der Waals surface area contributed by atoms with Crippen LogP contribution in [0.2, 0.25) is 0 Å². The van der Waals surface area contributed by atoms with Crippen LogP contribution < -0.4 is 15.6 Å². The standard InChI is InChI=1S/C22H22FN3O3/c1-15-9-16(2)11-17(10-15)29-8-7-24-21(27)13-26-14-25-20(12-22(26)28)18-5-3-4-6-19(18)23/h3-6,9-12,14H,7-8,13H2,1-2H3,(H,24,27). The number of carbonyl (C=O) groups excluding carboxylic acids is 1. The fourth-order valence-electron chi connectivity index (χ4n) is 2.95. The molecule has 3 rings (SSSR count). The van der Waals surface area contributed by atoms with Gasteiger partial charge in [-0.2, -0.15) is 0 Å². The van der Waals surface area contributed by atoms with Gasteiger partial charge in [0.05, 0.1) is 18.6 Å². The summed E-state index contributed by atoms with van der Waals surface area (Å²) in [5, 5.41) is 2.70. The second-order valence-electron chi connectivity index (χ2n) is 6.74. The Morgan fingerprint density at radius 1 is 1.14 bits per heavy atom. The van der Waals surface area contributed by atoms with E-state index in [0.29, 0.717) is 13.2 Å². The van der Waals surface area contributed by atoms with Gasteiger partial charge in [0.15, 0.2) is 0 Å². The molecule has 0 aliphatic rings. The van der Waals surface area contributed by atoms with E-state index in [1.807, 2.05) is 26.0 Å². The molecule has 1 amide bonds. The van der Waals surface area contributed by atoms with Crippen LogP contribution in [0.4, 0.5) is 4.39 Å². The number of aromatic nitrogens is 2. The second-order valence-corrected chi connectivity index (χ2v) is 6.74. The minimum atomic E-state index is -0.460. The molecule has 0 spiro atoms. The van der Waals surface area contributed by atoms with Crippen molar-refractivity contribution in [2.24, 2.45) is 0 Å². The zero-order valence-corrected chi connectivity index (χ0v) is 16.3. The molecule has 3 aromatic rings. The SMILES string of the molecule is Cc1cc(C)cc(OCCNC(=O)Cn2cnc(-c3ccccc3F)cc2=O)c1. The zero-order chi connectivity index (χ0) is 20.8. The molecular weight excluding hydrogens is 373 g/mol. The van der Waals surface area contributed by atoms with Crippen molar-refractivity contribution in [3.05, 3.63) is 82.2 Å². The molecular formula is C22H22FN3O3. The lowest BCUT2D eigenvalue weighted by atomic mass is 10.1. The second kappa shape index (κ2) is 9.14. The summed E-state index contributed by atoms with van der Waals surface area (Å²) in [6, 6.07) is 13.2. The van der Waals surface area contributed by atoms with Crippen molar-refractivity contribution in [1.82, 2.24) is 14.9 Å². The van der Waals surface area contributed by atoms with Gasteiger partial charge in [0.2, 0.25) is 5.91 Å². The van der Waals surface area contributed by atoms with Gasteiger partial charge in [-0.25, -0.2) is 9.37 Å². The van der Waals surface area contributed by atoms with Crippen LogP contribution in [-0.2, 0) is 11.3 Å². The molecule has 6 nitrogen and oxygen atoms in total. The van der Waals surface area contributed by atoms with E-state index in [9.17, 15) is 14.0 Å². The lowest BCUT2D eigenvalue weighted by Crippen LogP contribution is -2.34. The number of nitrogens with zero attached hydrogens (tertiary/aromatic N) is 2. The highest BCUT2D eigenvalue weighted by Crippen LogP contribution is 2.18. The third-order valence-electron chi connectivity index (χ3n) is 4.23. The maximum Gasteiger partial charge on any atom is 0.254 e.